The summed E-state index contributed by atoms with van der Waals surface area (Å²) in [6.45, 7) is 7.40. The molecule has 0 radical (unpaired) electrons. The van der Waals surface area contributed by atoms with Crippen LogP contribution < -0.4 is 5.32 Å². The number of aliphatic hydroxyl groups is 1. The Bertz CT molecular complexity index is 702. The molecule has 2 heterocycles. The first-order chi connectivity index (χ1) is 10.9. The van der Waals surface area contributed by atoms with E-state index in [1.54, 1.807) is 0 Å². The van der Waals surface area contributed by atoms with Crippen molar-refractivity contribution in [2.75, 3.05) is 6.54 Å². The zero-order chi connectivity index (χ0) is 16.6. The van der Waals surface area contributed by atoms with Crippen LogP contribution in [-0.4, -0.2) is 22.7 Å². The van der Waals surface area contributed by atoms with Gasteiger partial charge in [0.15, 0.2) is 0 Å². The lowest BCUT2D eigenvalue weighted by Crippen LogP contribution is -2.39. The van der Waals surface area contributed by atoms with Gasteiger partial charge in [0.2, 0.25) is 0 Å². The summed E-state index contributed by atoms with van der Waals surface area (Å²) in [5.74, 6) is 0. The molecule has 1 aliphatic rings. The highest BCUT2D eigenvalue weighted by Gasteiger charge is 2.26. The van der Waals surface area contributed by atoms with Crippen molar-refractivity contribution in [3.8, 4) is 0 Å². The molecule has 1 aromatic carbocycles. The highest BCUT2D eigenvalue weighted by Crippen LogP contribution is 2.33. The number of nitrogens with zero attached hydrogens (tertiary/aromatic N) is 1. The molecule has 0 aliphatic carbocycles. The number of benzene rings is 1. The van der Waals surface area contributed by atoms with Crippen molar-refractivity contribution in [1.82, 2.24) is 10.3 Å². The van der Waals surface area contributed by atoms with Gasteiger partial charge in [-0.3, -0.25) is 4.98 Å². The molecule has 1 aromatic heterocycles. The summed E-state index contributed by atoms with van der Waals surface area (Å²) >= 11 is 6.19. The predicted octanol–water partition coefficient (Wildman–Crippen LogP) is 4.36. The molecule has 3 rings (SSSR count). The number of hydrogen-bond acceptors (Lipinski definition) is 3. The van der Waals surface area contributed by atoms with Crippen LogP contribution in [0.15, 0.2) is 24.3 Å². The average Bonchev–Trinajstić information content (AvgIpc) is 2.53. The molecule has 2 aromatic rings. The highest BCUT2D eigenvalue weighted by atomic mass is 35.5. The number of fused-ring (bicyclic) bond motifs is 1. The van der Waals surface area contributed by atoms with Gasteiger partial charge < -0.3 is 10.4 Å². The van der Waals surface area contributed by atoms with Gasteiger partial charge in [-0.15, -0.1) is 0 Å². The fourth-order valence-electron chi connectivity index (χ4n) is 3.22. The number of hydrogen-bond donors (Lipinski definition) is 2. The second kappa shape index (κ2) is 6.39. The van der Waals surface area contributed by atoms with E-state index in [2.05, 4.69) is 32.2 Å². The standard InChI is InChI=1S/C19H25ClN2O/c1-19(2,3)17-11-14(18(23)16-6-4-5-9-21-16)13-10-12(20)7-8-15(13)22-17/h7-8,10-11,16,18,21,23H,4-6,9H2,1-3H3. The number of pyridine rings is 1. The van der Waals surface area contributed by atoms with Gasteiger partial charge in [-0.1, -0.05) is 38.8 Å². The van der Waals surface area contributed by atoms with Crippen molar-refractivity contribution < 1.29 is 5.11 Å². The summed E-state index contributed by atoms with van der Waals surface area (Å²) in [4.78, 5) is 4.79. The van der Waals surface area contributed by atoms with Gasteiger partial charge in [-0.05, 0) is 49.2 Å². The molecule has 0 amide bonds. The summed E-state index contributed by atoms with van der Waals surface area (Å²) in [6.07, 6.45) is 2.79. The Hall–Kier alpha value is -1.16. The number of aromatic nitrogens is 1. The number of aliphatic hydroxyl groups excluding tert-OH is 1. The Kier molecular flexibility index (Phi) is 4.63. The molecule has 0 spiro atoms. The van der Waals surface area contributed by atoms with Gasteiger partial charge in [0.1, 0.15) is 0 Å². The minimum absolute atomic E-state index is 0.0672. The van der Waals surface area contributed by atoms with Crippen molar-refractivity contribution in [1.29, 1.82) is 0 Å². The van der Waals surface area contributed by atoms with Gasteiger partial charge in [0, 0.05) is 27.6 Å². The van der Waals surface area contributed by atoms with Crippen LogP contribution >= 0.6 is 11.6 Å². The van der Waals surface area contributed by atoms with Gasteiger partial charge in [0.05, 0.1) is 11.6 Å². The van der Waals surface area contributed by atoms with Crippen LogP contribution in [-0.2, 0) is 5.41 Å². The molecule has 1 fully saturated rings. The van der Waals surface area contributed by atoms with Crippen LogP contribution in [0.5, 0.6) is 0 Å². The van der Waals surface area contributed by atoms with E-state index < -0.39 is 6.10 Å². The average molecular weight is 333 g/mol. The van der Waals surface area contributed by atoms with Crippen LogP contribution in [0, 0.1) is 0 Å². The molecule has 0 bridgehead atoms. The van der Waals surface area contributed by atoms with Gasteiger partial charge in [-0.25, -0.2) is 0 Å². The molecule has 124 valence electrons. The summed E-state index contributed by atoms with van der Waals surface area (Å²) in [5.41, 5.74) is 2.76. The topological polar surface area (TPSA) is 45.1 Å². The molecule has 23 heavy (non-hydrogen) atoms. The molecule has 2 N–H and O–H groups in total. The Morgan fingerprint density at radius 3 is 2.70 bits per heavy atom. The largest absolute Gasteiger partial charge is 0.387 e. The SMILES string of the molecule is CC(C)(C)c1cc(C(O)C2CCCCN2)c2cc(Cl)ccc2n1. The van der Waals surface area contributed by atoms with E-state index in [9.17, 15) is 5.11 Å². The van der Waals surface area contributed by atoms with Gasteiger partial charge in [0.25, 0.3) is 0 Å². The third kappa shape index (κ3) is 3.52. The van der Waals surface area contributed by atoms with Crippen molar-refractivity contribution in [3.63, 3.8) is 0 Å². The third-order valence-corrected chi connectivity index (χ3v) is 4.85. The first-order valence-corrected chi connectivity index (χ1v) is 8.76. The Labute approximate surface area is 143 Å². The monoisotopic (exact) mass is 332 g/mol. The van der Waals surface area contributed by atoms with Crippen molar-refractivity contribution in [2.24, 2.45) is 0 Å². The lowest BCUT2D eigenvalue weighted by atomic mass is 9.87. The summed E-state index contributed by atoms with van der Waals surface area (Å²) < 4.78 is 0. The number of piperidine rings is 1. The van der Waals surface area contributed by atoms with Gasteiger partial charge >= 0.3 is 0 Å². The lowest BCUT2D eigenvalue weighted by Gasteiger charge is -2.30. The molecule has 4 heteroatoms. The second-order valence-corrected chi connectivity index (χ2v) is 7.95. The quantitative estimate of drug-likeness (QED) is 0.858. The normalized spacial score (nSPS) is 20.7. The van der Waals surface area contributed by atoms with E-state index in [-0.39, 0.29) is 11.5 Å². The first-order valence-electron chi connectivity index (χ1n) is 8.38. The van der Waals surface area contributed by atoms with Crippen LogP contribution in [0.4, 0.5) is 0 Å². The number of rotatable bonds is 2. The zero-order valence-electron chi connectivity index (χ0n) is 14.1. The molecule has 3 nitrogen and oxygen atoms in total. The lowest BCUT2D eigenvalue weighted by molar-refractivity contribution is 0.115. The summed E-state index contributed by atoms with van der Waals surface area (Å²) in [6, 6.07) is 7.87. The fourth-order valence-corrected chi connectivity index (χ4v) is 3.39. The van der Waals surface area contributed by atoms with Crippen molar-refractivity contribution in [3.05, 3.63) is 40.5 Å². The molecule has 0 saturated carbocycles. The van der Waals surface area contributed by atoms with Crippen LogP contribution in [0.1, 0.15) is 57.4 Å². The van der Waals surface area contributed by atoms with E-state index in [4.69, 9.17) is 16.6 Å². The van der Waals surface area contributed by atoms with E-state index >= 15 is 0 Å². The maximum atomic E-state index is 11.0. The molecule has 2 unspecified atom stereocenters. The molecular weight excluding hydrogens is 308 g/mol. The minimum Gasteiger partial charge on any atom is -0.387 e. The highest BCUT2D eigenvalue weighted by molar-refractivity contribution is 6.31. The van der Waals surface area contributed by atoms with Crippen molar-refractivity contribution >= 4 is 22.5 Å². The van der Waals surface area contributed by atoms with Crippen LogP contribution in [0.2, 0.25) is 5.02 Å². The third-order valence-electron chi connectivity index (χ3n) is 4.62. The zero-order valence-corrected chi connectivity index (χ0v) is 14.8. The Morgan fingerprint density at radius 2 is 2.04 bits per heavy atom. The Balaban J connectivity index is 2.13. The summed E-state index contributed by atoms with van der Waals surface area (Å²) in [7, 11) is 0. The molecule has 2 atom stereocenters. The predicted molar refractivity (Wildman–Crippen MR) is 96.1 cm³/mol. The first kappa shape index (κ1) is 16.7. The van der Waals surface area contributed by atoms with Crippen LogP contribution in [0.3, 0.4) is 0 Å². The molecule has 1 saturated heterocycles. The molecular formula is C19H25ClN2O. The number of halogens is 1. The molecule has 1 aliphatic heterocycles. The van der Waals surface area contributed by atoms with Crippen LogP contribution in [0.25, 0.3) is 10.9 Å². The van der Waals surface area contributed by atoms with Crippen molar-refractivity contribution in [2.45, 2.75) is 57.6 Å². The fraction of sp³-hybridized carbons (Fsp3) is 0.526. The smallest absolute Gasteiger partial charge is 0.0950 e. The van der Waals surface area contributed by atoms with E-state index in [0.29, 0.717) is 5.02 Å². The van der Waals surface area contributed by atoms with E-state index in [1.807, 2.05) is 18.2 Å². The minimum atomic E-state index is -0.541. The summed E-state index contributed by atoms with van der Waals surface area (Å²) in [5, 5.41) is 16.1. The Morgan fingerprint density at radius 1 is 1.26 bits per heavy atom. The number of nitrogens with one attached hydrogen (secondary N) is 1. The second-order valence-electron chi connectivity index (χ2n) is 7.51. The van der Waals surface area contributed by atoms with E-state index in [1.165, 1.54) is 6.42 Å². The van der Waals surface area contributed by atoms with Gasteiger partial charge in [-0.2, -0.15) is 0 Å². The van der Waals surface area contributed by atoms with E-state index in [0.717, 1.165) is 41.5 Å². The maximum Gasteiger partial charge on any atom is 0.0950 e. The maximum absolute atomic E-state index is 11.0.